The van der Waals surface area contributed by atoms with Gasteiger partial charge in [-0.25, -0.2) is 24.0 Å². The van der Waals surface area contributed by atoms with Crippen molar-refractivity contribution >= 4 is 22.9 Å². The summed E-state index contributed by atoms with van der Waals surface area (Å²) in [7, 11) is 0. The maximum Gasteiger partial charge on any atom is 0.232 e. The summed E-state index contributed by atoms with van der Waals surface area (Å²) in [5, 5.41) is 6.67. The number of anilines is 1. The zero-order valence-corrected chi connectivity index (χ0v) is 14.5. The predicted molar refractivity (Wildman–Crippen MR) is 96.7 cm³/mol. The second kappa shape index (κ2) is 6.52. The Morgan fingerprint density at radius 2 is 2.00 bits per heavy atom. The number of hydrogen-bond donors (Lipinski definition) is 1. The molecule has 0 spiro atoms. The summed E-state index contributed by atoms with van der Waals surface area (Å²) in [5.74, 6) is -0.0361. The van der Waals surface area contributed by atoms with Crippen molar-refractivity contribution in [3.05, 3.63) is 54.4 Å². The van der Waals surface area contributed by atoms with Gasteiger partial charge in [0.25, 0.3) is 0 Å². The first kappa shape index (κ1) is 16.7. The highest BCUT2D eigenvalue weighted by molar-refractivity contribution is 5.90. The lowest BCUT2D eigenvalue weighted by atomic mass is 10.1. The van der Waals surface area contributed by atoms with Crippen LogP contribution in [0.4, 0.5) is 10.3 Å². The van der Waals surface area contributed by atoms with E-state index >= 15 is 0 Å². The van der Waals surface area contributed by atoms with E-state index in [0.717, 1.165) is 5.56 Å². The molecule has 3 aromatic heterocycles. The fourth-order valence-electron chi connectivity index (χ4n) is 2.65. The fourth-order valence-corrected chi connectivity index (χ4v) is 2.65. The van der Waals surface area contributed by atoms with Crippen LogP contribution in [-0.4, -0.2) is 35.6 Å². The first-order valence-electron chi connectivity index (χ1n) is 8.09. The van der Waals surface area contributed by atoms with E-state index in [2.05, 4.69) is 30.4 Å². The van der Waals surface area contributed by atoms with E-state index in [1.54, 1.807) is 31.2 Å². The van der Waals surface area contributed by atoms with Gasteiger partial charge in [0.15, 0.2) is 5.82 Å². The number of hydrogen-bond acceptors (Lipinski definition) is 6. The summed E-state index contributed by atoms with van der Waals surface area (Å²) in [6, 6.07) is 8.35. The number of aryl methyl sites for hydroxylation is 1. The topological polar surface area (TPSA) is 98.5 Å². The average Bonchev–Trinajstić information content (AvgIpc) is 3.17. The molecule has 0 bridgehead atoms. The van der Waals surface area contributed by atoms with Gasteiger partial charge < -0.3 is 0 Å². The van der Waals surface area contributed by atoms with Gasteiger partial charge in [-0.1, -0.05) is 0 Å². The number of benzene rings is 1. The first-order valence-corrected chi connectivity index (χ1v) is 8.09. The van der Waals surface area contributed by atoms with Crippen LogP contribution in [-0.2, 0) is 4.79 Å². The summed E-state index contributed by atoms with van der Waals surface area (Å²) in [6.45, 7) is 3.07. The molecule has 0 atom stereocenters. The highest BCUT2D eigenvalue weighted by atomic mass is 19.1. The van der Waals surface area contributed by atoms with Crippen LogP contribution >= 0.6 is 0 Å². The number of carbonyl (C=O) groups is 1. The molecule has 0 aliphatic carbocycles. The zero-order chi connectivity index (χ0) is 19.0. The predicted octanol–water partition coefficient (Wildman–Crippen LogP) is 2.68. The summed E-state index contributed by atoms with van der Waals surface area (Å²) < 4.78 is 15.0. The van der Waals surface area contributed by atoms with Gasteiger partial charge in [0.2, 0.25) is 11.9 Å². The highest BCUT2D eigenvalue weighted by Gasteiger charge is 2.14. The van der Waals surface area contributed by atoms with E-state index in [-0.39, 0.29) is 17.7 Å². The van der Waals surface area contributed by atoms with Crippen molar-refractivity contribution in [2.75, 3.05) is 5.32 Å². The van der Waals surface area contributed by atoms with Crippen molar-refractivity contribution in [1.29, 1.82) is 0 Å². The van der Waals surface area contributed by atoms with Crippen molar-refractivity contribution in [3.8, 4) is 17.1 Å². The molecule has 8 nitrogen and oxygen atoms in total. The molecule has 3 heterocycles. The largest absolute Gasteiger partial charge is 0.295 e. The normalized spacial score (nSPS) is 10.9. The SMILES string of the molecule is CC(=O)Nc1nc(-n2cncn2)c2nc(-c3ccc(F)c(C)c3)ccc2n1. The number of rotatable bonds is 3. The summed E-state index contributed by atoms with van der Waals surface area (Å²) >= 11 is 0. The maximum atomic E-state index is 13.6. The molecule has 0 radical (unpaired) electrons. The highest BCUT2D eigenvalue weighted by Crippen LogP contribution is 2.25. The number of fused-ring (bicyclic) bond motifs is 1. The third-order valence-corrected chi connectivity index (χ3v) is 3.90. The summed E-state index contributed by atoms with van der Waals surface area (Å²) in [4.78, 5) is 28.6. The number of aromatic nitrogens is 6. The van der Waals surface area contributed by atoms with E-state index in [4.69, 9.17) is 0 Å². The minimum Gasteiger partial charge on any atom is -0.295 e. The molecule has 0 aliphatic rings. The molecule has 4 aromatic rings. The van der Waals surface area contributed by atoms with Crippen LogP contribution in [0.1, 0.15) is 12.5 Å². The number of nitrogens with zero attached hydrogens (tertiary/aromatic N) is 6. The Morgan fingerprint density at radius 1 is 1.15 bits per heavy atom. The van der Waals surface area contributed by atoms with E-state index in [1.165, 1.54) is 30.3 Å². The van der Waals surface area contributed by atoms with Crippen LogP contribution in [0.5, 0.6) is 0 Å². The third-order valence-electron chi connectivity index (χ3n) is 3.90. The lowest BCUT2D eigenvalue weighted by molar-refractivity contribution is -0.114. The number of halogens is 1. The molecular formula is C18H14FN7O. The number of amides is 1. The molecule has 1 aromatic carbocycles. The lowest BCUT2D eigenvalue weighted by Crippen LogP contribution is -2.12. The standard InChI is InChI=1S/C18H14FN7O/c1-10-7-12(3-4-13(10)19)14-5-6-15-16(23-14)17(26-9-20-8-21-26)25-18(24-15)22-11(2)27/h3-9H,1-2H3,(H,22,24,25,27). The van der Waals surface area contributed by atoms with Gasteiger partial charge in [-0.15, -0.1) is 0 Å². The number of carbonyl (C=O) groups excluding carboxylic acids is 1. The lowest BCUT2D eigenvalue weighted by Gasteiger charge is -2.10. The van der Waals surface area contributed by atoms with Gasteiger partial charge in [-0.2, -0.15) is 10.1 Å². The van der Waals surface area contributed by atoms with Crippen molar-refractivity contribution in [2.24, 2.45) is 0 Å². The van der Waals surface area contributed by atoms with Crippen molar-refractivity contribution in [1.82, 2.24) is 29.7 Å². The molecule has 4 rings (SSSR count). The van der Waals surface area contributed by atoms with E-state index < -0.39 is 0 Å². The Hall–Kier alpha value is -3.75. The Morgan fingerprint density at radius 3 is 2.70 bits per heavy atom. The van der Waals surface area contributed by atoms with E-state index in [9.17, 15) is 9.18 Å². The van der Waals surface area contributed by atoms with Crippen LogP contribution in [0.3, 0.4) is 0 Å². The molecule has 0 unspecified atom stereocenters. The van der Waals surface area contributed by atoms with Gasteiger partial charge >= 0.3 is 0 Å². The van der Waals surface area contributed by atoms with Gasteiger partial charge in [-0.05, 0) is 42.8 Å². The molecule has 134 valence electrons. The van der Waals surface area contributed by atoms with E-state index in [1.807, 2.05) is 0 Å². The van der Waals surface area contributed by atoms with Crippen molar-refractivity contribution in [3.63, 3.8) is 0 Å². The van der Waals surface area contributed by atoms with Crippen LogP contribution in [0, 0.1) is 12.7 Å². The Kier molecular flexibility index (Phi) is 4.03. The first-order chi connectivity index (χ1) is 13.0. The second-order valence-corrected chi connectivity index (χ2v) is 5.92. The Bertz CT molecular complexity index is 1160. The second-order valence-electron chi connectivity index (χ2n) is 5.92. The fraction of sp³-hybridized carbons (Fsp3) is 0.111. The third kappa shape index (κ3) is 3.22. The summed E-state index contributed by atoms with van der Waals surface area (Å²) in [5.41, 5.74) is 2.95. The van der Waals surface area contributed by atoms with Crippen molar-refractivity contribution < 1.29 is 9.18 Å². The van der Waals surface area contributed by atoms with Crippen LogP contribution in [0.25, 0.3) is 28.1 Å². The maximum absolute atomic E-state index is 13.6. The molecule has 0 saturated heterocycles. The Labute approximate surface area is 153 Å². The smallest absolute Gasteiger partial charge is 0.232 e. The minimum atomic E-state index is -0.287. The van der Waals surface area contributed by atoms with Crippen LogP contribution in [0.2, 0.25) is 0 Å². The zero-order valence-electron chi connectivity index (χ0n) is 14.5. The molecular weight excluding hydrogens is 349 g/mol. The molecule has 0 saturated carbocycles. The molecule has 1 N–H and O–H groups in total. The number of nitrogens with one attached hydrogen (secondary N) is 1. The van der Waals surface area contributed by atoms with Gasteiger partial charge in [0.05, 0.1) is 11.2 Å². The van der Waals surface area contributed by atoms with Crippen LogP contribution in [0.15, 0.2) is 43.0 Å². The van der Waals surface area contributed by atoms with Gasteiger partial charge in [-0.3, -0.25) is 10.1 Å². The monoisotopic (exact) mass is 363 g/mol. The molecule has 0 aliphatic heterocycles. The van der Waals surface area contributed by atoms with E-state index in [0.29, 0.717) is 28.1 Å². The van der Waals surface area contributed by atoms with Gasteiger partial charge in [0.1, 0.15) is 24.0 Å². The quantitative estimate of drug-likeness (QED) is 0.601. The minimum absolute atomic E-state index is 0.146. The molecule has 9 heteroatoms. The molecule has 0 fully saturated rings. The van der Waals surface area contributed by atoms with Crippen LogP contribution < -0.4 is 5.32 Å². The average molecular weight is 363 g/mol. The summed E-state index contributed by atoms with van der Waals surface area (Å²) in [6.07, 6.45) is 2.86. The number of pyridine rings is 1. The Balaban J connectivity index is 1.92. The molecule has 27 heavy (non-hydrogen) atoms. The van der Waals surface area contributed by atoms with Gasteiger partial charge in [0, 0.05) is 12.5 Å². The van der Waals surface area contributed by atoms with Crippen molar-refractivity contribution in [2.45, 2.75) is 13.8 Å². The molecule has 1 amide bonds.